The van der Waals surface area contributed by atoms with Gasteiger partial charge in [0, 0.05) is 22.7 Å². The normalized spacial score (nSPS) is 12.2. The van der Waals surface area contributed by atoms with Crippen LogP contribution < -0.4 is 4.74 Å². The predicted molar refractivity (Wildman–Crippen MR) is 139 cm³/mol. The van der Waals surface area contributed by atoms with Gasteiger partial charge >= 0.3 is 12.1 Å². The van der Waals surface area contributed by atoms with Gasteiger partial charge in [-0.1, -0.05) is 12.1 Å². The van der Waals surface area contributed by atoms with Gasteiger partial charge in [0.05, 0.1) is 23.4 Å². The molecule has 0 aliphatic carbocycles. The van der Waals surface area contributed by atoms with Crippen LogP contribution in [0.5, 0.6) is 5.75 Å². The SMILES string of the molecule is Cc1nc(-c2ccc(C(F)(F)F)cc2)sc1CCCOc1ccc2ccn(CC(=O)OC(C)(C)C)c2c1. The number of carbonyl (C=O) groups excluding carboxylic acids is 1. The number of benzene rings is 2. The van der Waals surface area contributed by atoms with Crippen LogP contribution in [0.4, 0.5) is 13.2 Å². The zero-order valence-electron chi connectivity index (χ0n) is 21.2. The molecule has 0 amide bonds. The first-order chi connectivity index (χ1) is 17.4. The molecule has 4 rings (SSSR count). The number of hydrogen-bond donors (Lipinski definition) is 0. The number of hydrogen-bond acceptors (Lipinski definition) is 5. The number of esters is 1. The van der Waals surface area contributed by atoms with E-state index in [0.29, 0.717) is 22.9 Å². The van der Waals surface area contributed by atoms with E-state index < -0.39 is 17.3 Å². The monoisotopic (exact) mass is 530 g/mol. The maximum atomic E-state index is 12.8. The van der Waals surface area contributed by atoms with E-state index in [0.717, 1.165) is 46.4 Å². The molecule has 0 N–H and O–H groups in total. The van der Waals surface area contributed by atoms with Crippen molar-refractivity contribution >= 4 is 28.2 Å². The molecule has 0 radical (unpaired) electrons. The fourth-order valence-electron chi connectivity index (χ4n) is 3.91. The van der Waals surface area contributed by atoms with Gasteiger partial charge in [-0.2, -0.15) is 13.2 Å². The highest BCUT2D eigenvalue weighted by Gasteiger charge is 2.30. The molecule has 0 atom stereocenters. The highest BCUT2D eigenvalue weighted by Crippen LogP contribution is 2.33. The van der Waals surface area contributed by atoms with E-state index in [2.05, 4.69) is 4.98 Å². The van der Waals surface area contributed by atoms with E-state index in [9.17, 15) is 18.0 Å². The summed E-state index contributed by atoms with van der Waals surface area (Å²) < 4.78 is 51.7. The summed E-state index contributed by atoms with van der Waals surface area (Å²) in [6.07, 6.45) is -0.985. The summed E-state index contributed by atoms with van der Waals surface area (Å²) in [7, 11) is 0. The molecule has 37 heavy (non-hydrogen) atoms. The van der Waals surface area contributed by atoms with Crippen LogP contribution >= 0.6 is 11.3 Å². The third-order valence-electron chi connectivity index (χ3n) is 5.63. The molecule has 0 saturated heterocycles. The Morgan fingerprint density at radius 2 is 1.78 bits per heavy atom. The van der Waals surface area contributed by atoms with Gasteiger partial charge in [-0.3, -0.25) is 4.79 Å². The number of ether oxygens (including phenoxy) is 2. The van der Waals surface area contributed by atoms with E-state index in [1.165, 1.54) is 23.5 Å². The smallest absolute Gasteiger partial charge is 0.416 e. The van der Waals surface area contributed by atoms with Crippen LogP contribution in [0.15, 0.2) is 54.7 Å². The molecule has 0 fully saturated rings. The average Bonchev–Trinajstić information content (AvgIpc) is 3.38. The fraction of sp³-hybridized carbons (Fsp3) is 0.357. The summed E-state index contributed by atoms with van der Waals surface area (Å²) in [5, 5.41) is 1.71. The molecule has 0 aliphatic rings. The third-order valence-corrected chi connectivity index (χ3v) is 6.90. The summed E-state index contributed by atoms with van der Waals surface area (Å²) in [4.78, 5) is 17.9. The zero-order chi connectivity index (χ0) is 26.8. The van der Waals surface area contributed by atoms with Crippen LogP contribution in [0.1, 0.15) is 43.3 Å². The van der Waals surface area contributed by atoms with E-state index >= 15 is 0 Å². The standard InChI is InChI=1S/C28H29F3N2O3S/c1-18-24(37-26(32-18)20-7-10-21(11-8-20)28(29,30)31)6-5-15-35-22-12-9-19-13-14-33(23(19)16-22)17-25(34)36-27(2,3)4/h7-14,16H,5-6,15,17H2,1-4H3. The van der Waals surface area contributed by atoms with Crippen molar-refractivity contribution in [1.82, 2.24) is 9.55 Å². The van der Waals surface area contributed by atoms with Crippen molar-refractivity contribution < 1.29 is 27.4 Å². The second kappa shape index (κ2) is 10.6. The number of fused-ring (bicyclic) bond motifs is 1. The van der Waals surface area contributed by atoms with E-state index in [-0.39, 0.29) is 12.5 Å². The molecule has 9 heteroatoms. The van der Waals surface area contributed by atoms with Crippen molar-refractivity contribution in [3.63, 3.8) is 0 Å². The van der Waals surface area contributed by atoms with Gasteiger partial charge in [0.25, 0.3) is 0 Å². The Balaban J connectivity index is 1.34. The van der Waals surface area contributed by atoms with Crippen molar-refractivity contribution in [1.29, 1.82) is 0 Å². The Morgan fingerprint density at radius 1 is 1.05 bits per heavy atom. The molecule has 5 nitrogen and oxygen atoms in total. The Hall–Kier alpha value is -3.33. The number of carbonyl (C=O) groups is 1. The molecular weight excluding hydrogens is 501 g/mol. The van der Waals surface area contributed by atoms with Crippen molar-refractivity contribution in [3.05, 3.63) is 70.9 Å². The van der Waals surface area contributed by atoms with Gasteiger partial charge < -0.3 is 14.0 Å². The van der Waals surface area contributed by atoms with Crippen LogP contribution in [0.2, 0.25) is 0 Å². The summed E-state index contributed by atoms with van der Waals surface area (Å²) in [5.74, 6) is 0.412. The number of aromatic nitrogens is 2. The minimum absolute atomic E-state index is 0.121. The summed E-state index contributed by atoms with van der Waals surface area (Å²) in [6.45, 7) is 8.05. The molecule has 2 heterocycles. The quantitative estimate of drug-likeness (QED) is 0.175. The lowest BCUT2D eigenvalue weighted by Crippen LogP contribution is -2.26. The van der Waals surface area contributed by atoms with Gasteiger partial charge in [-0.05, 0) is 76.3 Å². The lowest BCUT2D eigenvalue weighted by molar-refractivity contribution is -0.155. The third kappa shape index (κ3) is 6.91. The molecule has 0 bridgehead atoms. The van der Waals surface area contributed by atoms with Crippen molar-refractivity contribution in [3.8, 4) is 16.3 Å². The minimum atomic E-state index is -4.35. The largest absolute Gasteiger partial charge is 0.494 e. The van der Waals surface area contributed by atoms with Crippen molar-refractivity contribution in [2.45, 2.75) is 58.9 Å². The minimum Gasteiger partial charge on any atom is -0.494 e. The Bertz CT molecular complexity index is 1380. The lowest BCUT2D eigenvalue weighted by Gasteiger charge is -2.19. The van der Waals surface area contributed by atoms with Crippen molar-refractivity contribution in [2.75, 3.05) is 6.61 Å². The van der Waals surface area contributed by atoms with Crippen molar-refractivity contribution in [2.24, 2.45) is 0 Å². The fourth-order valence-corrected chi connectivity index (χ4v) is 5.02. The first-order valence-electron chi connectivity index (χ1n) is 12.0. The molecule has 0 spiro atoms. The second-order valence-electron chi connectivity index (χ2n) is 9.81. The van der Waals surface area contributed by atoms with E-state index in [1.807, 2.05) is 62.7 Å². The molecule has 0 aliphatic heterocycles. The Morgan fingerprint density at radius 3 is 2.46 bits per heavy atom. The average molecular weight is 531 g/mol. The number of thiazole rings is 1. The molecule has 2 aromatic heterocycles. The topological polar surface area (TPSA) is 53.4 Å². The number of nitrogens with zero attached hydrogens (tertiary/aromatic N) is 2. The molecule has 0 saturated carbocycles. The van der Waals surface area contributed by atoms with Gasteiger partial charge in [0.15, 0.2) is 0 Å². The molecule has 196 valence electrons. The van der Waals surface area contributed by atoms with Gasteiger partial charge in [-0.15, -0.1) is 11.3 Å². The number of aryl methyl sites for hydroxylation is 2. The first-order valence-corrected chi connectivity index (χ1v) is 12.8. The van der Waals surface area contributed by atoms with E-state index in [4.69, 9.17) is 9.47 Å². The highest BCUT2D eigenvalue weighted by atomic mass is 32.1. The highest BCUT2D eigenvalue weighted by molar-refractivity contribution is 7.15. The molecular formula is C28H29F3N2O3S. The number of halogens is 3. The van der Waals surface area contributed by atoms with Crippen LogP contribution in [0, 0.1) is 6.92 Å². The summed E-state index contributed by atoms with van der Waals surface area (Å²) in [5.41, 5.74) is 1.23. The Labute approximate surface area is 217 Å². The van der Waals surface area contributed by atoms with Crippen LogP contribution in [-0.2, 0) is 28.7 Å². The van der Waals surface area contributed by atoms with Crippen LogP contribution in [0.25, 0.3) is 21.5 Å². The Kier molecular flexibility index (Phi) is 7.64. The van der Waals surface area contributed by atoms with Gasteiger partial charge in [-0.25, -0.2) is 4.98 Å². The summed E-state index contributed by atoms with van der Waals surface area (Å²) in [6, 6.07) is 12.8. The molecule has 2 aromatic carbocycles. The number of rotatable bonds is 8. The zero-order valence-corrected chi connectivity index (χ0v) is 22.0. The maximum Gasteiger partial charge on any atom is 0.416 e. The summed E-state index contributed by atoms with van der Waals surface area (Å²) >= 11 is 1.49. The lowest BCUT2D eigenvalue weighted by atomic mass is 10.1. The first kappa shape index (κ1) is 26.7. The predicted octanol–water partition coefficient (Wildman–Crippen LogP) is 7.45. The number of alkyl halides is 3. The molecule has 4 aromatic rings. The van der Waals surface area contributed by atoms with Gasteiger partial charge in [0.1, 0.15) is 22.9 Å². The second-order valence-corrected chi connectivity index (χ2v) is 10.9. The van der Waals surface area contributed by atoms with Gasteiger partial charge in [0.2, 0.25) is 0 Å². The maximum absolute atomic E-state index is 12.8. The molecule has 0 unspecified atom stereocenters. The van der Waals surface area contributed by atoms with Crippen LogP contribution in [-0.4, -0.2) is 27.7 Å². The van der Waals surface area contributed by atoms with E-state index in [1.54, 1.807) is 0 Å². The van der Waals surface area contributed by atoms with Crippen LogP contribution in [0.3, 0.4) is 0 Å².